The van der Waals surface area contributed by atoms with Gasteiger partial charge in [0, 0.05) is 28.8 Å². The lowest BCUT2D eigenvalue weighted by molar-refractivity contribution is 1.16. The topological polar surface area (TPSA) is 12.0 Å². The first-order chi connectivity index (χ1) is 5.90. The number of hydrogen-bond acceptors (Lipinski definition) is 2. The molecule has 1 aliphatic heterocycles. The molecule has 0 unspecified atom stereocenters. The average Bonchev–Trinajstić information content (AvgIpc) is 2.17. The minimum Gasteiger partial charge on any atom is -0.383 e. The Bertz CT molecular complexity index is 288. The lowest BCUT2D eigenvalue weighted by atomic mass is 10.2. The van der Waals surface area contributed by atoms with Crippen molar-refractivity contribution in [1.82, 2.24) is 0 Å². The molecule has 0 aromatic heterocycles. The molecule has 1 aromatic rings. The van der Waals surface area contributed by atoms with Crippen LogP contribution in [0.25, 0.3) is 0 Å². The van der Waals surface area contributed by atoms with E-state index in [4.69, 9.17) is 11.6 Å². The van der Waals surface area contributed by atoms with Crippen molar-refractivity contribution in [3.63, 3.8) is 0 Å². The summed E-state index contributed by atoms with van der Waals surface area (Å²) in [4.78, 5) is 1.34. The summed E-state index contributed by atoms with van der Waals surface area (Å²) >= 11 is 7.64. The van der Waals surface area contributed by atoms with Crippen LogP contribution in [0.15, 0.2) is 23.1 Å². The lowest BCUT2D eigenvalue weighted by Gasteiger charge is -2.17. The smallest absolute Gasteiger partial charge is 0.0481 e. The van der Waals surface area contributed by atoms with Gasteiger partial charge in [0.15, 0.2) is 0 Å². The largest absolute Gasteiger partial charge is 0.383 e. The van der Waals surface area contributed by atoms with Crippen LogP contribution in [0.1, 0.15) is 5.56 Å². The Morgan fingerprint density at radius 1 is 1.50 bits per heavy atom. The Morgan fingerprint density at radius 2 is 2.42 bits per heavy atom. The zero-order valence-electron chi connectivity index (χ0n) is 6.64. The van der Waals surface area contributed by atoms with Crippen LogP contribution in [0.5, 0.6) is 0 Å². The molecule has 1 nitrogen and oxygen atoms in total. The summed E-state index contributed by atoms with van der Waals surface area (Å²) in [7, 11) is 0. The van der Waals surface area contributed by atoms with Gasteiger partial charge in [0.2, 0.25) is 0 Å². The molecule has 1 aromatic carbocycles. The van der Waals surface area contributed by atoms with Crippen LogP contribution >= 0.6 is 23.4 Å². The van der Waals surface area contributed by atoms with Crippen molar-refractivity contribution < 1.29 is 0 Å². The number of anilines is 1. The van der Waals surface area contributed by atoms with Crippen LogP contribution in [0.4, 0.5) is 5.69 Å². The molecule has 1 heterocycles. The molecule has 0 atom stereocenters. The van der Waals surface area contributed by atoms with Crippen LogP contribution < -0.4 is 5.32 Å². The zero-order valence-corrected chi connectivity index (χ0v) is 8.21. The van der Waals surface area contributed by atoms with Crippen molar-refractivity contribution in [2.24, 2.45) is 0 Å². The molecule has 0 saturated heterocycles. The average molecular weight is 200 g/mol. The van der Waals surface area contributed by atoms with Gasteiger partial charge in [0.25, 0.3) is 0 Å². The first-order valence-electron chi connectivity index (χ1n) is 3.96. The van der Waals surface area contributed by atoms with E-state index in [1.807, 2.05) is 11.8 Å². The summed E-state index contributed by atoms with van der Waals surface area (Å²) in [6, 6.07) is 6.37. The van der Waals surface area contributed by atoms with Crippen LogP contribution in [-0.2, 0) is 5.88 Å². The van der Waals surface area contributed by atoms with Gasteiger partial charge in [-0.15, -0.1) is 23.4 Å². The first-order valence-corrected chi connectivity index (χ1v) is 5.48. The lowest BCUT2D eigenvalue weighted by Crippen LogP contribution is -2.10. The number of nitrogens with one attached hydrogen (secondary N) is 1. The highest BCUT2D eigenvalue weighted by Crippen LogP contribution is 2.31. The second-order valence-corrected chi connectivity index (χ2v) is 4.14. The third-order valence-corrected chi connectivity index (χ3v) is 3.26. The third-order valence-electron chi connectivity index (χ3n) is 1.87. The maximum Gasteiger partial charge on any atom is 0.0481 e. The highest BCUT2D eigenvalue weighted by atomic mass is 35.5. The summed E-state index contributed by atoms with van der Waals surface area (Å²) in [6.45, 7) is 1.06. The number of rotatable bonds is 1. The monoisotopic (exact) mass is 199 g/mol. The fraction of sp³-hybridized carbons (Fsp3) is 0.333. The SMILES string of the molecule is ClCc1ccc2c(c1)NCCS2. The predicted molar refractivity (Wildman–Crippen MR) is 55.2 cm³/mol. The Kier molecular flexibility index (Phi) is 2.47. The van der Waals surface area contributed by atoms with Gasteiger partial charge in [-0.2, -0.15) is 0 Å². The maximum absolute atomic E-state index is 5.73. The molecule has 0 amide bonds. The molecular weight excluding hydrogens is 190 g/mol. The summed E-state index contributed by atoms with van der Waals surface area (Å²) in [5, 5.41) is 3.36. The van der Waals surface area contributed by atoms with Crippen molar-refractivity contribution in [3.05, 3.63) is 23.8 Å². The number of fused-ring (bicyclic) bond motifs is 1. The Labute approximate surface area is 81.5 Å². The minimum absolute atomic E-state index is 0.597. The molecule has 3 heteroatoms. The van der Waals surface area contributed by atoms with Crippen LogP contribution in [-0.4, -0.2) is 12.3 Å². The molecule has 0 aliphatic carbocycles. The van der Waals surface area contributed by atoms with Crippen molar-refractivity contribution >= 4 is 29.1 Å². The molecule has 0 bridgehead atoms. The molecule has 0 fully saturated rings. The molecule has 12 heavy (non-hydrogen) atoms. The van der Waals surface area contributed by atoms with E-state index < -0.39 is 0 Å². The Morgan fingerprint density at radius 3 is 3.25 bits per heavy atom. The summed E-state index contributed by atoms with van der Waals surface area (Å²) < 4.78 is 0. The molecule has 1 aliphatic rings. The summed E-state index contributed by atoms with van der Waals surface area (Å²) in [5.41, 5.74) is 2.43. The van der Waals surface area contributed by atoms with E-state index >= 15 is 0 Å². The van der Waals surface area contributed by atoms with E-state index in [2.05, 4.69) is 23.5 Å². The molecule has 0 radical (unpaired) electrons. The van der Waals surface area contributed by atoms with Gasteiger partial charge in [-0.1, -0.05) is 6.07 Å². The first kappa shape index (κ1) is 8.27. The predicted octanol–water partition coefficient (Wildman–Crippen LogP) is 2.94. The Balaban J connectivity index is 2.36. The van der Waals surface area contributed by atoms with Crippen molar-refractivity contribution in [2.75, 3.05) is 17.6 Å². The molecular formula is C9H10ClNS. The molecule has 1 N–H and O–H groups in total. The standard InChI is InChI=1S/C9H10ClNS/c10-6-7-1-2-9-8(5-7)11-3-4-12-9/h1-2,5,11H,3-4,6H2. The second-order valence-electron chi connectivity index (χ2n) is 2.74. The van der Waals surface area contributed by atoms with Gasteiger partial charge in [-0.3, -0.25) is 0 Å². The van der Waals surface area contributed by atoms with E-state index in [9.17, 15) is 0 Å². The Hall–Kier alpha value is -0.340. The van der Waals surface area contributed by atoms with Gasteiger partial charge >= 0.3 is 0 Å². The van der Waals surface area contributed by atoms with Gasteiger partial charge in [-0.05, 0) is 17.7 Å². The quantitative estimate of drug-likeness (QED) is 0.699. The zero-order chi connectivity index (χ0) is 8.39. The van der Waals surface area contributed by atoms with Gasteiger partial charge in [0.05, 0.1) is 0 Å². The number of alkyl halides is 1. The summed E-state index contributed by atoms with van der Waals surface area (Å²) in [6.07, 6.45) is 0. The highest BCUT2D eigenvalue weighted by Gasteiger charge is 2.08. The molecule has 2 rings (SSSR count). The van der Waals surface area contributed by atoms with Gasteiger partial charge in [-0.25, -0.2) is 0 Å². The highest BCUT2D eigenvalue weighted by molar-refractivity contribution is 7.99. The molecule has 0 spiro atoms. The van der Waals surface area contributed by atoms with Crippen LogP contribution in [0, 0.1) is 0 Å². The van der Waals surface area contributed by atoms with Crippen molar-refractivity contribution in [2.45, 2.75) is 10.8 Å². The van der Waals surface area contributed by atoms with Crippen molar-refractivity contribution in [3.8, 4) is 0 Å². The van der Waals surface area contributed by atoms with E-state index in [1.165, 1.54) is 16.1 Å². The van der Waals surface area contributed by atoms with E-state index in [0.29, 0.717) is 5.88 Å². The van der Waals surface area contributed by atoms with Gasteiger partial charge in [0.1, 0.15) is 0 Å². The van der Waals surface area contributed by atoms with E-state index in [0.717, 1.165) is 12.3 Å². The van der Waals surface area contributed by atoms with Gasteiger partial charge < -0.3 is 5.32 Å². The number of benzene rings is 1. The summed E-state index contributed by atoms with van der Waals surface area (Å²) in [5.74, 6) is 1.76. The fourth-order valence-electron chi connectivity index (χ4n) is 1.27. The van der Waals surface area contributed by atoms with E-state index in [1.54, 1.807) is 0 Å². The number of halogens is 1. The molecule has 0 saturated carbocycles. The third kappa shape index (κ3) is 1.54. The van der Waals surface area contributed by atoms with Crippen LogP contribution in [0.2, 0.25) is 0 Å². The minimum atomic E-state index is 0.597. The maximum atomic E-state index is 5.73. The second kappa shape index (κ2) is 3.58. The normalized spacial score (nSPS) is 15.1. The number of hydrogen-bond donors (Lipinski definition) is 1. The molecule has 64 valence electrons. The number of thioether (sulfide) groups is 1. The van der Waals surface area contributed by atoms with Crippen molar-refractivity contribution in [1.29, 1.82) is 0 Å². The van der Waals surface area contributed by atoms with E-state index in [-0.39, 0.29) is 0 Å². The van der Waals surface area contributed by atoms with Crippen LogP contribution in [0.3, 0.4) is 0 Å². The fourth-order valence-corrected chi connectivity index (χ4v) is 2.31.